The summed E-state index contributed by atoms with van der Waals surface area (Å²) in [5.41, 5.74) is 8.37. The first-order valence-electron chi connectivity index (χ1n) is 9.57. The van der Waals surface area contributed by atoms with Crippen molar-refractivity contribution in [3.63, 3.8) is 0 Å². The van der Waals surface area contributed by atoms with Crippen molar-refractivity contribution in [1.29, 1.82) is 0 Å². The number of halogens is 3. The number of fused-ring (bicyclic) bond motifs is 1. The molecule has 1 amide bonds. The van der Waals surface area contributed by atoms with Crippen LogP contribution in [-0.4, -0.2) is 23.9 Å². The van der Waals surface area contributed by atoms with Crippen LogP contribution in [0.3, 0.4) is 0 Å². The van der Waals surface area contributed by atoms with Gasteiger partial charge in [0, 0.05) is 38.3 Å². The summed E-state index contributed by atoms with van der Waals surface area (Å²) in [6.07, 6.45) is 0. The summed E-state index contributed by atoms with van der Waals surface area (Å²) in [5.74, 6) is 1.53. The number of ether oxygens (including phenoxy) is 1. The van der Waals surface area contributed by atoms with E-state index in [1.165, 1.54) is 18.2 Å². The molecule has 3 aromatic carbocycles. The molecule has 0 saturated carbocycles. The van der Waals surface area contributed by atoms with Crippen LogP contribution in [0, 0.1) is 5.82 Å². The van der Waals surface area contributed by atoms with E-state index in [0.29, 0.717) is 31.9 Å². The Bertz CT molecular complexity index is 1270. The lowest BCUT2D eigenvalue weighted by Crippen LogP contribution is -2.24. The van der Waals surface area contributed by atoms with Crippen LogP contribution >= 0.6 is 27.5 Å². The summed E-state index contributed by atoms with van der Waals surface area (Å²) in [7, 11) is 1.57. The van der Waals surface area contributed by atoms with Crippen molar-refractivity contribution >= 4 is 45.1 Å². The van der Waals surface area contributed by atoms with Crippen molar-refractivity contribution in [3.05, 3.63) is 97.7 Å². The van der Waals surface area contributed by atoms with Crippen LogP contribution in [0.4, 0.5) is 4.39 Å². The molecule has 2 N–H and O–H groups in total. The number of amides is 1. The minimum atomic E-state index is -0.720. The summed E-state index contributed by atoms with van der Waals surface area (Å²) >= 11 is 9.84. The van der Waals surface area contributed by atoms with Gasteiger partial charge in [0.25, 0.3) is 0 Å². The maximum absolute atomic E-state index is 14.2. The molecule has 32 heavy (non-hydrogen) atoms. The Balaban J connectivity index is 1.95. The fourth-order valence-electron chi connectivity index (χ4n) is 4.01. The first-order valence-corrected chi connectivity index (χ1v) is 10.7. The zero-order valence-electron chi connectivity index (χ0n) is 16.9. The number of rotatable bonds is 5. The topological polar surface area (TPSA) is 72.6 Å². The van der Waals surface area contributed by atoms with Gasteiger partial charge in [0.1, 0.15) is 17.3 Å². The van der Waals surface area contributed by atoms with Crippen LogP contribution in [-0.2, 0) is 11.3 Å². The Labute approximate surface area is 197 Å². The third kappa shape index (κ3) is 3.91. The highest BCUT2D eigenvalue weighted by Crippen LogP contribution is 2.49. The molecule has 0 aliphatic carbocycles. The van der Waals surface area contributed by atoms with Gasteiger partial charge in [-0.15, -0.1) is 0 Å². The van der Waals surface area contributed by atoms with E-state index in [1.54, 1.807) is 36.3 Å². The largest absolute Gasteiger partial charge is 0.497 e. The van der Waals surface area contributed by atoms with E-state index in [9.17, 15) is 14.0 Å². The zero-order chi connectivity index (χ0) is 23.0. The van der Waals surface area contributed by atoms with Gasteiger partial charge < -0.3 is 15.4 Å². The van der Waals surface area contributed by atoms with Gasteiger partial charge in [-0.25, -0.2) is 9.18 Å². The number of nitrogens with zero attached hydrogens (tertiary/aromatic N) is 1. The smallest absolute Gasteiger partial charge is 0.249 e. The highest BCUT2D eigenvalue weighted by atomic mass is 79.9. The number of methoxy groups -OCH3 is 1. The van der Waals surface area contributed by atoms with E-state index in [1.807, 2.05) is 18.1 Å². The van der Waals surface area contributed by atoms with Gasteiger partial charge in [-0.1, -0.05) is 39.7 Å². The van der Waals surface area contributed by atoms with Crippen LogP contribution in [0.2, 0.25) is 5.02 Å². The van der Waals surface area contributed by atoms with E-state index in [2.05, 4.69) is 15.9 Å². The number of primary amides is 1. The third-order valence-electron chi connectivity index (χ3n) is 5.40. The maximum Gasteiger partial charge on any atom is 0.249 e. The van der Waals surface area contributed by atoms with Crippen molar-refractivity contribution in [2.45, 2.75) is 12.6 Å². The van der Waals surface area contributed by atoms with E-state index >= 15 is 0 Å². The molecule has 0 aromatic heterocycles. The van der Waals surface area contributed by atoms with Crippen LogP contribution < -0.4 is 10.5 Å². The van der Waals surface area contributed by atoms with E-state index in [4.69, 9.17) is 22.1 Å². The number of carbonyl (C=O) groups is 1. The second-order valence-corrected chi connectivity index (χ2v) is 8.60. The Morgan fingerprint density at radius 3 is 2.56 bits per heavy atom. The quantitative estimate of drug-likeness (QED) is 0.478. The van der Waals surface area contributed by atoms with Gasteiger partial charge in [-0.3, -0.25) is 4.79 Å². The van der Waals surface area contributed by atoms with Crippen molar-refractivity contribution in [2.24, 2.45) is 5.73 Å². The number of carbonyl (C=O) groups excluding carboxylic acids is 2. The molecule has 0 bridgehead atoms. The molecule has 0 saturated heterocycles. The van der Waals surface area contributed by atoms with Gasteiger partial charge in [0.2, 0.25) is 5.91 Å². The maximum atomic E-state index is 14.2. The van der Waals surface area contributed by atoms with Crippen molar-refractivity contribution in [1.82, 2.24) is 4.90 Å². The molecular formula is C24H17BrClFN2O3. The lowest BCUT2D eigenvalue weighted by atomic mass is 9.92. The molecule has 0 fully saturated rings. The fourth-order valence-corrected chi connectivity index (χ4v) is 4.69. The Morgan fingerprint density at radius 2 is 1.94 bits per heavy atom. The predicted octanol–water partition coefficient (Wildman–Crippen LogP) is 5.13. The average molecular weight is 516 g/mol. The molecule has 162 valence electrons. The van der Waals surface area contributed by atoms with Gasteiger partial charge in [0.15, 0.2) is 5.94 Å². The van der Waals surface area contributed by atoms with Crippen molar-refractivity contribution < 1.29 is 18.7 Å². The Kier molecular flexibility index (Phi) is 6.07. The molecule has 3 aromatic rings. The average Bonchev–Trinajstić information content (AvgIpc) is 3.07. The first kappa shape index (κ1) is 22.1. The molecule has 5 nitrogen and oxygen atoms in total. The Morgan fingerprint density at radius 1 is 1.22 bits per heavy atom. The monoisotopic (exact) mass is 514 g/mol. The molecule has 4 rings (SSSR count). The second kappa shape index (κ2) is 8.79. The normalized spacial score (nSPS) is 14.8. The molecule has 1 heterocycles. The first-order chi connectivity index (χ1) is 15.3. The standard InChI is InChI=1S/C24H17BrClFN2O3/c1-32-16-5-2-13(3-6-16)11-29-21(12-30)18-8-14(25)9-19(24(28)31)22(18)23(29)17-10-15(27)4-7-20(17)26/h2-10,23H,11H2,1H3,(H2,28,31). The predicted molar refractivity (Wildman–Crippen MR) is 124 cm³/mol. The lowest BCUT2D eigenvalue weighted by molar-refractivity contribution is 0.0998. The highest BCUT2D eigenvalue weighted by molar-refractivity contribution is 9.10. The van der Waals surface area contributed by atoms with E-state index < -0.39 is 17.8 Å². The highest BCUT2D eigenvalue weighted by Gasteiger charge is 2.40. The van der Waals surface area contributed by atoms with E-state index in [0.717, 1.165) is 5.56 Å². The minimum Gasteiger partial charge on any atom is -0.497 e. The molecular weight excluding hydrogens is 499 g/mol. The molecule has 1 aliphatic heterocycles. The second-order valence-electron chi connectivity index (χ2n) is 7.27. The summed E-state index contributed by atoms with van der Waals surface area (Å²) in [6, 6.07) is 13.9. The lowest BCUT2D eigenvalue weighted by Gasteiger charge is -2.29. The van der Waals surface area contributed by atoms with E-state index in [-0.39, 0.29) is 17.8 Å². The number of nitrogens with two attached hydrogens (primary N) is 1. The van der Waals surface area contributed by atoms with Gasteiger partial charge in [-0.05, 0) is 48.0 Å². The molecule has 0 spiro atoms. The zero-order valence-corrected chi connectivity index (χ0v) is 19.2. The molecule has 0 radical (unpaired) electrons. The molecule has 1 atom stereocenters. The van der Waals surface area contributed by atoms with Crippen molar-refractivity contribution in [3.8, 4) is 5.75 Å². The fraction of sp³-hybridized carbons (Fsp3) is 0.125. The number of hydrogen-bond donors (Lipinski definition) is 1. The summed E-state index contributed by atoms with van der Waals surface area (Å²) in [5, 5.41) is 0.299. The van der Waals surface area contributed by atoms with Gasteiger partial charge >= 0.3 is 0 Å². The summed E-state index contributed by atoms with van der Waals surface area (Å²) in [4.78, 5) is 26.2. The Hall–Kier alpha value is -3.12. The minimum absolute atomic E-state index is 0.213. The van der Waals surface area contributed by atoms with Crippen LogP contribution in [0.5, 0.6) is 5.75 Å². The van der Waals surface area contributed by atoms with Crippen LogP contribution in [0.15, 0.2) is 59.1 Å². The number of benzene rings is 3. The van der Waals surface area contributed by atoms with Gasteiger partial charge in [-0.2, -0.15) is 0 Å². The number of hydrogen-bond acceptors (Lipinski definition) is 4. The summed E-state index contributed by atoms with van der Waals surface area (Å²) in [6.45, 7) is 0.274. The third-order valence-corrected chi connectivity index (χ3v) is 6.20. The molecule has 8 heteroatoms. The van der Waals surface area contributed by atoms with Crippen LogP contribution in [0.1, 0.15) is 38.7 Å². The SMILES string of the molecule is COc1ccc(CN2C(=C=O)c3cc(Br)cc(C(N)=O)c3C2c2cc(F)ccc2Cl)cc1. The summed E-state index contributed by atoms with van der Waals surface area (Å²) < 4.78 is 20.0. The molecule has 1 unspecified atom stereocenters. The van der Waals surface area contributed by atoms with Gasteiger partial charge in [0.05, 0.1) is 13.2 Å². The van der Waals surface area contributed by atoms with Crippen LogP contribution in [0.25, 0.3) is 5.70 Å². The molecule has 1 aliphatic rings. The van der Waals surface area contributed by atoms with Crippen molar-refractivity contribution in [2.75, 3.05) is 7.11 Å².